The Morgan fingerprint density at radius 3 is 2.48 bits per heavy atom. The molecule has 0 aliphatic carbocycles. The lowest BCUT2D eigenvalue weighted by Crippen LogP contribution is -2.24. The summed E-state index contributed by atoms with van der Waals surface area (Å²) in [5.41, 5.74) is 5.21. The van der Waals surface area contributed by atoms with Crippen LogP contribution in [0.5, 0.6) is 0 Å². The minimum absolute atomic E-state index is 0.256. The molecule has 3 aromatic rings. The Morgan fingerprint density at radius 2 is 1.71 bits per heavy atom. The molecule has 2 N–H and O–H groups in total. The van der Waals surface area contributed by atoms with Crippen molar-refractivity contribution in [3.8, 4) is 0 Å². The molecule has 3 aromatic carbocycles. The van der Waals surface area contributed by atoms with Gasteiger partial charge in [0.25, 0.3) is 5.91 Å². The average Bonchev–Trinajstić information content (AvgIpc) is 2.81. The number of carbonyl (C=O) groups excluding carboxylic acids is 2. The van der Waals surface area contributed by atoms with Crippen LogP contribution in [-0.2, 0) is 22.5 Å². The maximum atomic E-state index is 13.1. The first-order valence-corrected chi connectivity index (χ1v) is 9.85. The second-order valence-electron chi connectivity index (χ2n) is 7.15. The number of para-hydroxylation sites is 1. The molecule has 31 heavy (non-hydrogen) atoms. The molecule has 4 rings (SSSR count). The normalized spacial score (nSPS) is 12.6. The van der Waals surface area contributed by atoms with E-state index >= 15 is 0 Å². The van der Waals surface area contributed by atoms with E-state index in [1.165, 1.54) is 31.4 Å². The summed E-state index contributed by atoms with van der Waals surface area (Å²) in [6, 6.07) is 20.8. The molecule has 1 aliphatic rings. The molecule has 0 fully saturated rings. The van der Waals surface area contributed by atoms with E-state index < -0.39 is 11.8 Å². The van der Waals surface area contributed by atoms with E-state index in [9.17, 15) is 14.0 Å². The van der Waals surface area contributed by atoms with E-state index in [1.54, 1.807) is 0 Å². The minimum Gasteiger partial charge on any atom is -0.464 e. The van der Waals surface area contributed by atoms with Gasteiger partial charge in [-0.2, -0.15) is 0 Å². The number of nitrogens with one attached hydrogen (secondary N) is 2. The zero-order valence-corrected chi connectivity index (χ0v) is 16.9. The molecular formula is C25H21FN2O3. The monoisotopic (exact) mass is 416 g/mol. The standard InChI is InChI=1S/C25H21FN2O3/c1-31-25(30)23-21(14-17-6-3-5-9-22(17)28-23)20-8-4-2-7-18(20)15-27-24(29)16-10-12-19(26)13-11-16/h2-13,28H,14-15H2,1H3,(H,27,29). The van der Waals surface area contributed by atoms with Gasteiger partial charge in [0, 0.05) is 24.2 Å². The molecule has 0 spiro atoms. The van der Waals surface area contributed by atoms with Crippen LogP contribution in [0.15, 0.2) is 78.5 Å². The Bertz CT molecular complexity index is 1170. The third kappa shape index (κ3) is 4.33. The highest BCUT2D eigenvalue weighted by Crippen LogP contribution is 2.34. The van der Waals surface area contributed by atoms with E-state index in [4.69, 9.17) is 4.74 Å². The van der Waals surface area contributed by atoms with Crippen LogP contribution >= 0.6 is 0 Å². The van der Waals surface area contributed by atoms with Crippen molar-refractivity contribution >= 4 is 23.1 Å². The number of hydrogen-bond donors (Lipinski definition) is 2. The number of allylic oxidation sites excluding steroid dienone is 1. The fourth-order valence-corrected chi connectivity index (χ4v) is 3.64. The van der Waals surface area contributed by atoms with Crippen LogP contribution in [-0.4, -0.2) is 19.0 Å². The van der Waals surface area contributed by atoms with Crippen molar-refractivity contribution < 1.29 is 18.7 Å². The summed E-state index contributed by atoms with van der Waals surface area (Å²) in [6.07, 6.45) is 0.552. The number of ether oxygens (including phenoxy) is 1. The number of halogens is 1. The van der Waals surface area contributed by atoms with Crippen LogP contribution in [0.4, 0.5) is 10.1 Å². The Morgan fingerprint density at radius 1 is 1.00 bits per heavy atom. The first-order chi connectivity index (χ1) is 15.1. The van der Waals surface area contributed by atoms with Crippen molar-refractivity contribution in [2.75, 3.05) is 12.4 Å². The summed E-state index contributed by atoms with van der Waals surface area (Å²) in [4.78, 5) is 25.0. The van der Waals surface area contributed by atoms with Crippen LogP contribution in [0, 0.1) is 5.82 Å². The van der Waals surface area contributed by atoms with Crippen molar-refractivity contribution in [1.29, 1.82) is 0 Å². The molecule has 156 valence electrons. The molecule has 0 saturated heterocycles. The lowest BCUT2D eigenvalue weighted by atomic mass is 9.89. The first kappa shape index (κ1) is 20.3. The van der Waals surface area contributed by atoms with E-state index in [0.29, 0.717) is 17.7 Å². The van der Waals surface area contributed by atoms with Crippen LogP contribution in [0.3, 0.4) is 0 Å². The molecule has 0 saturated carbocycles. The van der Waals surface area contributed by atoms with Crippen molar-refractivity contribution in [1.82, 2.24) is 5.32 Å². The number of carbonyl (C=O) groups is 2. The van der Waals surface area contributed by atoms with Crippen molar-refractivity contribution in [3.05, 3.63) is 107 Å². The van der Waals surface area contributed by atoms with Gasteiger partial charge < -0.3 is 15.4 Å². The van der Waals surface area contributed by atoms with E-state index in [-0.39, 0.29) is 12.5 Å². The predicted octanol–water partition coefficient (Wildman–Crippen LogP) is 4.31. The largest absolute Gasteiger partial charge is 0.464 e. The quantitative estimate of drug-likeness (QED) is 0.609. The molecule has 0 bridgehead atoms. The van der Waals surface area contributed by atoms with Gasteiger partial charge in [-0.1, -0.05) is 42.5 Å². The average molecular weight is 416 g/mol. The summed E-state index contributed by atoms with van der Waals surface area (Å²) in [6.45, 7) is 0.256. The van der Waals surface area contributed by atoms with Crippen LogP contribution in [0.2, 0.25) is 0 Å². The molecule has 0 unspecified atom stereocenters. The van der Waals surface area contributed by atoms with Crippen molar-refractivity contribution in [3.63, 3.8) is 0 Å². The van der Waals surface area contributed by atoms with Gasteiger partial charge in [-0.25, -0.2) is 9.18 Å². The fraction of sp³-hybridized carbons (Fsp3) is 0.120. The highest BCUT2D eigenvalue weighted by Gasteiger charge is 2.25. The molecule has 1 aliphatic heterocycles. The lowest BCUT2D eigenvalue weighted by molar-refractivity contribution is -0.135. The molecule has 1 amide bonds. The number of hydrogen-bond acceptors (Lipinski definition) is 4. The SMILES string of the molecule is COC(=O)C1=C(c2ccccc2CNC(=O)c2ccc(F)cc2)Cc2ccccc2N1. The highest BCUT2D eigenvalue weighted by molar-refractivity contribution is 6.03. The zero-order valence-electron chi connectivity index (χ0n) is 16.9. The molecule has 0 atom stereocenters. The van der Waals surface area contributed by atoms with Crippen LogP contribution in [0.25, 0.3) is 5.57 Å². The number of rotatable bonds is 5. The molecule has 0 radical (unpaired) electrons. The van der Waals surface area contributed by atoms with E-state index in [2.05, 4.69) is 10.6 Å². The third-order valence-corrected chi connectivity index (χ3v) is 5.22. The second kappa shape index (κ2) is 8.83. The fourth-order valence-electron chi connectivity index (χ4n) is 3.64. The zero-order chi connectivity index (χ0) is 21.8. The van der Waals surface area contributed by atoms with Gasteiger partial charge in [0.1, 0.15) is 11.5 Å². The van der Waals surface area contributed by atoms with Gasteiger partial charge in [-0.15, -0.1) is 0 Å². The number of esters is 1. The van der Waals surface area contributed by atoms with Gasteiger partial charge >= 0.3 is 5.97 Å². The number of amides is 1. The number of fused-ring (bicyclic) bond motifs is 1. The summed E-state index contributed by atoms with van der Waals surface area (Å²) in [5.74, 6) is -1.15. The Labute approximate surface area is 179 Å². The molecular weight excluding hydrogens is 395 g/mol. The first-order valence-electron chi connectivity index (χ1n) is 9.85. The Hall–Kier alpha value is -3.93. The summed E-state index contributed by atoms with van der Waals surface area (Å²) in [7, 11) is 1.35. The summed E-state index contributed by atoms with van der Waals surface area (Å²) >= 11 is 0. The van der Waals surface area contributed by atoms with Crippen molar-refractivity contribution in [2.24, 2.45) is 0 Å². The van der Waals surface area contributed by atoms with E-state index in [0.717, 1.165) is 28.0 Å². The predicted molar refractivity (Wildman–Crippen MR) is 117 cm³/mol. The van der Waals surface area contributed by atoms with Crippen LogP contribution in [0.1, 0.15) is 27.0 Å². The number of anilines is 1. The van der Waals surface area contributed by atoms with Gasteiger partial charge in [-0.3, -0.25) is 4.79 Å². The van der Waals surface area contributed by atoms with Gasteiger partial charge in [0.05, 0.1) is 7.11 Å². The third-order valence-electron chi connectivity index (χ3n) is 5.22. The second-order valence-corrected chi connectivity index (χ2v) is 7.15. The van der Waals surface area contributed by atoms with Crippen molar-refractivity contribution in [2.45, 2.75) is 13.0 Å². The minimum atomic E-state index is -0.449. The summed E-state index contributed by atoms with van der Waals surface area (Å²) < 4.78 is 18.1. The molecule has 5 nitrogen and oxygen atoms in total. The van der Waals surface area contributed by atoms with Gasteiger partial charge in [0.15, 0.2) is 0 Å². The lowest BCUT2D eigenvalue weighted by Gasteiger charge is -2.25. The Kier molecular flexibility index (Phi) is 5.80. The smallest absolute Gasteiger partial charge is 0.354 e. The van der Waals surface area contributed by atoms with Crippen LogP contribution < -0.4 is 10.6 Å². The van der Waals surface area contributed by atoms with Gasteiger partial charge in [-0.05, 0) is 52.6 Å². The summed E-state index contributed by atoms with van der Waals surface area (Å²) in [5, 5.41) is 6.07. The highest BCUT2D eigenvalue weighted by atomic mass is 19.1. The van der Waals surface area contributed by atoms with E-state index in [1.807, 2.05) is 48.5 Å². The maximum Gasteiger partial charge on any atom is 0.354 e. The number of benzene rings is 3. The topological polar surface area (TPSA) is 67.4 Å². The molecule has 0 aromatic heterocycles. The van der Waals surface area contributed by atoms with Gasteiger partial charge in [0.2, 0.25) is 0 Å². The Balaban J connectivity index is 1.64. The number of methoxy groups -OCH3 is 1. The maximum absolute atomic E-state index is 13.1. The molecule has 6 heteroatoms. The molecule has 1 heterocycles.